The summed E-state index contributed by atoms with van der Waals surface area (Å²) in [5, 5.41) is 8.74. The molecule has 1 aliphatic rings. The van der Waals surface area contributed by atoms with Gasteiger partial charge in [0.2, 0.25) is 5.91 Å². The van der Waals surface area contributed by atoms with Crippen molar-refractivity contribution in [1.29, 1.82) is 0 Å². The predicted molar refractivity (Wildman–Crippen MR) is 108 cm³/mol. The summed E-state index contributed by atoms with van der Waals surface area (Å²) >= 11 is 0. The Hall–Kier alpha value is -3.41. The number of likely N-dealkylation sites (tertiary alicyclic amines) is 1. The minimum absolute atomic E-state index is 0.0841. The second-order valence-corrected chi connectivity index (χ2v) is 7.31. The Kier molecular flexibility index (Phi) is 3.62. The first-order valence-electron chi connectivity index (χ1n) is 9.21. The van der Waals surface area contributed by atoms with Crippen LogP contribution in [0.15, 0.2) is 55.4 Å². The van der Waals surface area contributed by atoms with Gasteiger partial charge in [0.25, 0.3) is 0 Å². The van der Waals surface area contributed by atoms with E-state index in [-0.39, 0.29) is 17.8 Å². The number of benzene rings is 2. The van der Waals surface area contributed by atoms with Crippen molar-refractivity contribution in [3.63, 3.8) is 0 Å². The van der Waals surface area contributed by atoms with Crippen LogP contribution in [0.2, 0.25) is 0 Å². The number of amides is 1. The van der Waals surface area contributed by atoms with E-state index in [4.69, 9.17) is 0 Å². The number of nitrogens with zero attached hydrogens (tertiary/aromatic N) is 3. The van der Waals surface area contributed by atoms with Crippen LogP contribution in [-0.2, 0) is 4.79 Å². The first kappa shape index (κ1) is 16.7. The fraction of sp³-hybridized carbons (Fsp3) is 0.182. The molecule has 2 aromatic carbocycles. The molecule has 3 heterocycles. The molecule has 0 bridgehead atoms. The molecule has 28 heavy (non-hydrogen) atoms. The molecule has 0 aliphatic carbocycles. The fourth-order valence-corrected chi connectivity index (χ4v) is 4.12. The van der Waals surface area contributed by atoms with E-state index in [1.54, 1.807) is 11.1 Å². The zero-order valence-corrected chi connectivity index (χ0v) is 15.4. The molecule has 0 spiro atoms. The van der Waals surface area contributed by atoms with E-state index in [0.29, 0.717) is 18.5 Å². The van der Waals surface area contributed by atoms with Crippen LogP contribution in [0, 0.1) is 12.7 Å². The van der Waals surface area contributed by atoms with E-state index in [9.17, 15) is 9.18 Å². The number of aromatic nitrogens is 3. The summed E-state index contributed by atoms with van der Waals surface area (Å²) in [4.78, 5) is 13.4. The van der Waals surface area contributed by atoms with E-state index in [1.165, 1.54) is 6.08 Å². The lowest BCUT2D eigenvalue weighted by atomic mass is 9.96. The molecule has 1 N–H and O–H groups in total. The van der Waals surface area contributed by atoms with E-state index >= 15 is 0 Å². The van der Waals surface area contributed by atoms with Crippen molar-refractivity contribution in [2.24, 2.45) is 0 Å². The molecule has 5 nitrogen and oxygen atoms in total. The highest BCUT2D eigenvalue weighted by molar-refractivity contribution is 5.98. The van der Waals surface area contributed by atoms with E-state index in [2.05, 4.69) is 16.8 Å². The van der Waals surface area contributed by atoms with Crippen LogP contribution in [0.5, 0.6) is 0 Å². The molecule has 6 heteroatoms. The summed E-state index contributed by atoms with van der Waals surface area (Å²) < 4.78 is 16.7. The first-order valence-corrected chi connectivity index (χ1v) is 9.21. The summed E-state index contributed by atoms with van der Waals surface area (Å²) in [6.07, 6.45) is 4.67. The number of aromatic amines is 1. The van der Waals surface area contributed by atoms with Gasteiger partial charge in [-0.2, -0.15) is 5.10 Å². The molecule has 1 saturated heterocycles. The number of fused-ring (bicyclic) bond motifs is 2. The summed E-state index contributed by atoms with van der Waals surface area (Å²) in [6.45, 7) is 6.71. The van der Waals surface area contributed by atoms with Crippen molar-refractivity contribution in [1.82, 2.24) is 19.7 Å². The zero-order valence-electron chi connectivity index (χ0n) is 15.4. The molecular formula is C22H19FN4O. The number of halogens is 1. The lowest BCUT2D eigenvalue weighted by molar-refractivity contribution is -0.131. The molecule has 1 fully saturated rings. The third-order valence-corrected chi connectivity index (χ3v) is 5.65. The van der Waals surface area contributed by atoms with Gasteiger partial charge in [0, 0.05) is 30.1 Å². The second-order valence-electron chi connectivity index (χ2n) is 7.31. The third kappa shape index (κ3) is 2.37. The molecule has 0 atom stereocenters. The minimum Gasteiger partial charge on any atom is -0.338 e. The highest BCUT2D eigenvalue weighted by atomic mass is 19.1. The molecule has 1 aliphatic heterocycles. The Morgan fingerprint density at radius 3 is 2.89 bits per heavy atom. The molecule has 140 valence electrons. The Morgan fingerprint density at radius 1 is 1.29 bits per heavy atom. The van der Waals surface area contributed by atoms with Gasteiger partial charge < -0.3 is 9.47 Å². The quantitative estimate of drug-likeness (QED) is 0.547. The van der Waals surface area contributed by atoms with E-state index in [0.717, 1.165) is 33.1 Å². The van der Waals surface area contributed by atoms with Crippen LogP contribution in [0.1, 0.15) is 11.6 Å². The van der Waals surface area contributed by atoms with Crippen molar-refractivity contribution >= 4 is 27.7 Å². The topological polar surface area (TPSA) is 53.9 Å². The maximum absolute atomic E-state index is 14.8. The Morgan fingerprint density at radius 2 is 2.11 bits per heavy atom. The molecular weight excluding hydrogens is 355 g/mol. The van der Waals surface area contributed by atoms with Crippen LogP contribution in [-0.4, -0.2) is 38.7 Å². The molecule has 0 radical (unpaired) electrons. The number of aryl methyl sites for hydroxylation is 1. The smallest absolute Gasteiger partial charge is 0.246 e. The highest BCUT2D eigenvalue weighted by Gasteiger charge is 2.31. The lowest BCUT2D eigenvalue weighted by Crippen LogP contribution is -2.49. The lowest BCUT2D eigenvalue weighted by Gasteiger charge is -2.39. The van der Waals surface area contributed by atoms with E-state index < -0.39 is 0 Å². The van der Waals surface area contributed by atoms with Crippen LogP contribution < -0.4 is 0 Å². The molecule has 0 unspecified atom stereocenters. The largest absolute Gasteiger partial charge is 0.338 e. The highest BCUT2D eigenvalue weighted by Crippen LogP contribution is 2.35. The SMILES string of the molecule is C=CC(=O)N1CC(n2cc(F)c3cc(-c4c(C)ccc5[nH]ncc45)ccc32)C1. The van der Waals surface area contributed by atoms with Gasteiger partial charge in [0.15, 0.2) is 0 Å². The number of carbonyl (C=O) groups excluding carboxylic acids is 1. The number of carbonyl (C=O) groups is 1. The average molecular weight is 374 g/mol. The van der Waals surface area contributed by atoms with E-state index in [1.807, 2.05) is 48.0 Å². The fourth-order valence-electron chi connectivity index (χ4n) is 4.12. The van der Waals surface area contributed by atoms with Crippen LogP contribution in [0.3, 0.4) is 0 Å². The maximum atomic E-state index is 14.8. The van der Waals surface area contributed by atoms with Crippen LogP contribution in [0.25, 0.3) is 32.9 Å². The average Bonchev–Trinajstić information content (AvgIpc) is 3.25. The van der Waals surface area contributed by atoms with Gasteiger partial charge in [-0.3, -0.25) is 9.89 Å². The monoisotopic (exact) mass is 374 g/mol. The number of H-pyrrole nitrogens is 1. The Balaban J connectivity index is 1.57. The van der Waals surface area contributed by atoms with Gasteiger partial charge in [-0.1, -0.05) is 18.7 Å². The molecule has 1 amide bonds. The summed E-state index contributed by atoms with van der Waals surface area (Å²) in [5.74, 6) is -0.332. The molecule has 5 rings (SSSR count). The van der Waals surface area contributed by atoms with Crippen molar-refractivity contribution in [3.05, 3.63) is 66.8 Å². The third-order valence-electron chi connectivity index (χ3n) is 5.65. The summed E-state index contributed by atoms with van der Waals surface area (Å²) in [6, 6.07) is 10.0. The molecule has 0 saturated carbocycles. The van der Waals surface area contributed by atoms with Crippen molar-refractivity contribution in [2.45, 2.75) is 13.0 Å². The number of hydrogen-bond acceptors (Lipinski definition) is 2. The molecule has 4 aromatic rings. The van der Waals surface area contributed by atoms with Crippen LogP contribution >= 0.6 is 0 Å². The Bertz CT molecular complexity index is 1250. The second kappa shape index (κ2) is 6.05. The van der Waals surface area contributed by atoms with Gasteiger partial charge in [0.1, 0.15) is 5.82 Å². The number of rotatable bonds is 3. The van der Waals surface area contributed by atoms with Gasteiger partial charge in [-0.05, 0) is 47.9 Å². The van der Waals surface area contributed by atoms with Gasteiger partial charge in [-0.25, -0.2) is 4.39 Å². The van der Waals surface area contributed by atoms with Gasteiger partial charge in [0.05, 0.1) is 23.3 Å². The van der Waals surface area contributed by atoms with Gasteiger partial charge in [-0.15, -0.1) is 0 Å². The maximum Gasteiger partial charge on any atom is 0.246 e. The number of hydrogen-bond donors (Lipinski definition) is 1. The zero-order chi connectivity index (χ0) is 19.4. The van der Waals surface area contributed by atoms with Crippen molar-refractivity contribution in [3.8, 4) is 11.1 Å². The standard InChI is InChI=1S/C22H19FN4O/c1-3-21(28)26-10-15(11-26)27-12-18(23)16-8-14(5-7-20(16)27)22-13(2)4-6-19-17(22)9-24-25-19/h3-9,12,15H,1,10-11H2,2H3,(H,24,25). The Labute approximate surface area is 161 Å². The number of nitrogens with one attached hydrogen (secondary N) is 1. The van der Waals surface area contributed by atoms with Gasteiger partial charge >= 0.3 is 0 Å². The van der Waals surface area contributed by atoms with Crippen molar-refractivity contribution in [2.75, 3.05) is 13.1 Å². The normalized spacial score (nSPS) is 14.6. The van der Waals surface area contributed by atoms with Crippen molar-refractivity contribution < 1.29 is 9.18 Å². The first-order chi connectivity index (χ1) is 13.6. The minimum atomic E-state index is -0.248. The molecule has 2 aromatic heterocycles. The summed E-state index contributed by atoms with van der Waals surface area (Å²) in [7, 11) is 0. The predicted octanol–water partition coefficient (Wildman–Crippen LogP) is 4.20. The summed E-state index contributed by atoms with van der Waals surface area (Å²) in [5.41, 5.74) is 4.94. The van der Waals surface area contributed by atoms with Crippen LogP contribution in [0.4, 0.5) is 4.39 Å².